The molecule has 1 heterocycles. The fourth-order valence-electron chi connectivity index (χ4n) is 4.05. The van der Waals surface area contributed by atoms with Crippen molar-refractivity contribution >= 4 is 10.9 Å². The highest BCUT2D eigenvalue weighted by Gasteiger charge is 2.27. The number of aromatic hydroxyl groups is 1. The molecule has 0 saturated carbocycles. The Morgan fingerprint density at radius 3 is 1.74 bits per heavy atom. The molecule has 27 heavy (non-hydrogen) atoms. The van der Waals surface area contributed by atoms with Gasteiger partial charge in [0.05, 0.1) is 0 Å². The third-order valence-corrected chi connectivity index (χ3v) is 8.00. The third kappa shape index (κ3) is 3.77. The molecule has 0 atom stereocenters. The Labute approximate surface area is 165 Å². The molecule has 0 aromatic heterocycles. The molecule has 1 saturated heterocycles. The van der Waals surface area contributed by atoms with Crippen LogP contribution in [0.25, 0.3) is 11.1 Å². The van der Waals surface area contributed by atoms with Crippen LogP contribution in [0.1, 0.15) is 35.1 Å². The van der Waals surface area contributed by atoms with Gasteiger partial charge in [-0.05, 0) is 78.6 Å². The molecule has 3 aromatic carbocycles. The first kappa shape index (κ1) is 18.2. The average Bonchev–Trinajstić information content (AvgIpc) is 3.34. The fourth-order valence-corrected chi connectivity index (χ4v) is 6.52. The second-order valence-electron chi connectivity index (χ2n) is 7.50. The number of rotatable bonds is 1. The lowest BCUT2D eigenvalue weighted by Crippen LogP contribution is -2.04. The summed E-state index contributed by atoms with van der Waals surface area (Å²) < 4.78 is 0. The van der Waals surface area contributed by atoms with E-state index in [2.05, 4.69) is 60.7 Å². The number of hydrogen-bond donors (Lipinski definition) is 1. The van der Waals surface area contributed by atoms with E-state index in [1.807, 2.05) is 13.8 Å². The Kier molecular flexibility index (Phi) is 5.27. The van der Waals surface area contributed by atoms with Gasteiger partial charge in [0.15, 0.2) is 4.90 Å². The van der Waals surface area contributed by atoms with E-state index in [0.717, 1.165) is 17.5 Å². The molecule has 0 radical (unpaired) electrons. The summed E-state index contributed by atoms with van der Waals surface area (Å²) in [6, 6.07) is 21.6. The SMILES string of the molecule is Cc1cc([S+]2CCCC2)cc(C)c1O.c1ccc2c(c1)Cc1ccccc1-2. The molecule has 3 aromatic rings. The van der Waals surface area contributed by atoms with Crippen LogP contribution in [0, 0.1) is 13.8 Å². The van der Waals surface area contributed by atoms with E-state index in [9.17, 15) is 5.11 Å². The zero-order chi connectivity index (χ0) is 18.8. The molecule has 1 N–H and O–H groups in total. The third-order valence-electron chi connectivity index (χ3n) is 5.54. The van der Waals surface area contributed by atoms with Gasteiger partial charge in [-0.25, -0.2) is 0 Å². The van der Waals surface area contributed by atoms with E-state index >= 15 is 0 Å². The maximum absolute atomic E-state index is 9.68. The fraction of sp³-hybridized carbons (Fsp3) is 0.280. The standard InChI is InChI=1S/C13H10.C12H16OS/c1-3-7-12-10(5-1)9-11-6-2-4-8-13(11)12;1-9-7-11(8-10(2)12(9)13)14-5-3-4-6-14/h1-8H,9H2;7-8H,3-6H2,1-2H3/p+1. The molecule has 0 bridgehead atoms. The van der Waals surface area contributed by atoms with Crippen molar-refractivity contribution in [3.05, 3.63) is 82.9 Å². The van der Waals surface area contributed by atoms with Gasteiger partial charge < -0.3 is 5.11 Å². The summed E-state index contributed by atoms with van der Waals surface area (Å²) in [6.45, 7) is 3.98. The van der Waals surface area contributed by atoms with Gasteiger partial charge in [0, 0.05) is 10.9 Å². The number of hydrogen-bond acceptors (Lipinski definition) is 1. The Morgan fingerprint density at radius 2 is 1.22 bits per heavy atom. The zero-order valence-electron chi connectivity index (χ0n) is 16.2. The summed E-state index contributed by atoms with van der Waals surface area (Å²) in [4.78, 5) is 1.45. The summed E-state index contributed by atoms with van der Waals surface area (Å²) in [7, 11) is 0.469. The Morgan fingerprint density at radius 1 is 0.741 bits per heavy atom. The first-order valence-electron chi connectivity index (χ1n) is 9.77. The quantitative estimate of drug-likeness (QED) is 0.402. The van der Waals surface area contributed by atoms with Crippen LogP contribution in [0.2, 0.25) is 0 Å². The maximum atomic E-state index is 9.68. The summed E-state index contributed by atoms with van der Waals surface area (Å²) in [5, 5.41) is 9.68. The number of benzene rings is 3. The molecule has 5 rings (SSSR count). The van der Waals surface area contributed by atoms with Gasteiger partial charge in [0.1, 0.15) is 17.3 Å². The minimum atomic E-state index is 0.469. The van der Waals surface area contributed by atoms with E-state index in [-0.39, 0.29) is 0 Å². The molecule has 1 aliphatic heterocycles. The maximum Gasteiger partial charge on any atom is 0.155 e. The zero-order valence-corrected chi connectivity index (χ0v) is 17.0. The summed E-state index contributed by atoms with van der Waals surface area (Å²) in [6.07, 6.45) is 3.86. The predicted molar refractivity (Wildman–Crippen MR) is 117 cm³/mol. The van der Waals surface area contributed by atoms with E-state index in [1.165, 1.54) is 51.5 Å². The van der Waals surface area contributed by atoms with E-state index in [0.29, 0.717) is 16.6 Å². The summed E-state index contributed by atoms with van der Waals surface area (Å²) >= 11 is 0. The van der Waals surface area contributed by atoms with E-state index in [4.69, 9.17) is 0 Å². The number of phenolic OH excluding ortho intramolecular Hbond substituents is 1. The van der Waals surface area contributed by atoms with Crippen LogP contribution in [0.4, 0.5) is 0 Å². The van der Waals surface area contributed by atoms with Crippen LogP contribution in [0.15, 0.2) is 65.6 Å². The van der Waals surface area contributed by atoms with Crippen molar-refractivity contribution in [3.8, 4) is 16.9 Å². The second-order valence-corrected chi connectivity index (χ2v) is 9.78. The van der Waals surface area contributed by atoms with Crippen LogP contribution >= 0.6 is 0 Å². The van der Waals surface area contributed by atoms with Crippen LogP contribution in [-0.4, -0.2) is 16.6 Å². The van der Waals surface area contributed by atoms with Gasteiger partial charge in [-0.1, -0.05) is 48.5 Å². The van der Waals surface area contributed by atoms with Gasteiger partial charge in [-0.2, -0.15) is 0 Å². The first-order valence-corrected chi connectivity index (χ1v) is 11.3. The molecule has 2 heteroatoms. The van der Waals surface area contributed by atoms with E-state index in [1.54, 1.807) is 0 Å². The van der Waals surface area contributed by atoms with Crippen molar-refractivity contribution in [2.24, 2.45) is 0 Å². The van der Waals surface area contributed by atoms with Crippen LogP contribution in [-0.2, 0) is 17.3 Å². The lowest BCUT2D eigenvalue weighted by molar-refractivity contribution is 0.466. The van der Waals surface area contributed by atoms with Gasteiger partial charge >= 0.3 is 0 Å². The van der Waals surface area contributed by atoms with Crippen molar-refractivity contribution < 1.29 is 5.11 Å². The molecular weight excluding hydrogens is 348 g/mol. The lowest BCUT2D eigenvalue weighted by atomic mass is 10.1. The Hall–Kier alpha value is -2.19. The Bertz CT molecular complexity index is 888. The monoisotopic (exact) mass is 375 g/mol. The normalized spacial score (nSPS) is 15.0. The van der Waals surface area contributed by atoms with Crippen molar-refractivity contribution in [1.82, 2.24) is 0 Å². The predicted octanol–water partition coefficient (Wildman–Crippen LogP) is 6.04. The van der Waals surface area contributed by atoms with Crippen LogP contribution < -0.4 is 0 Å². The topological polar surface area (TPSA) is 20.2 Å². The van der Waals surface area contributed by atoms with Crippen LogP contribution in [0.5, 0.6) is 5.75 Å². The van der Waals surface area contributed by atoms with Crippen molar-refractivity contribution in [1.29, 1.82) is 0 Å². The summed E-state index contributed by atoms with van der Waals surface area (Å²) in [5.74, 6) is 3.17. The number of fused-ring (bicyclic) bond motifs is 3. The first-order chi connectivity index (χ1) is 13.1. The van der Waals surface area contributed by atoms with Gasteiger partial charge in [0.2, 0.25) is 0 Å². The highest BCUT2D eigenvalue weighted by Crippen LogP contribution is 2.35. The van der Waals surface area contributed by atoms with Crippen molar-refractivity contribution in [2.45, 2.75) is 38.0 Å². The largest absolute Gasteiger partial charge is 0.507 e. The smallest absolute Gasteiger partial charge is 0.155 e. The minimum absolute atomic E-state index is 0.469. The highest BCUT2D eigenvalue weighted by molar-refractivity contribution is 7.97. The molecule has 0 spiro atoms. The molecule has 1 nitrogen and oxygen atoms in total. The molecule has 138 valence electrons. The molecular formula is C25H27OS+. The van der Waals surface area contributed by atoms with Crippen molar-refractivity contribution in [2.75, 3.05) is 11.5 Å². The lowest BCUT2D eigenvalue weighted by Gasteiger charge is -2.06. The number of aryl methyl sites for hydroxylation is 2. The highest BCUT2D eigenvalue weighted by atomic mass is 32.2. The number of phenols is 1. The van der Waals surface area contributed by atoms with Gasteiger partial charge in [0.25, 0.3) is 0 Å². The molecule has 0 amide bonds. The molecule has 1 aliphatic carbocycles. The molecule has 0 unspecified atom stereocenters. The van der Waals surface area contributed by atoms with Gasteiger partial charge in [-0.15, -0.1) is 0 Å². The summed E-state index contributed by atoms with van der Waals surface area (Å²) in [5.41, 5.74) is 7.81. The molecule has 2 aliphatic rings. The minimum Gasteiger partial charge on any atom is -0.507 e. The van der Waals surface area contributed by atoms with E-state index < -0.39 is 0 Å². The molecule has 1 fully saturated rings. The Balaban J connectivity index is 0.000000134. The van der Waals surface area contributed by atoms with Crippen LogP contribution in [0.3, 0.4) is 0 Å². The van der Waals surface area contributed by atoms with Crippen molar-refractivity contribution in [3.63, 3.8) is 0 Å². The second kappa shape index (κ2) is 7.82. The average molecular weight is 376 g/mol. The van der Waals surface area contributed by atoms with Gasteiger partial charge in [-0.3, -0.25) is 0 Å².